The maximum absolute atomic E-state index is 12.3. The number of carbonyl (C=O) groups is 2. The number of fused-ring (bicyclic) bond motifs is 5. The Bertz CT molecular complexity index is 822. The Morgan fingerprint density at radius 3 is 2.72 bits per heavy atom. The lowest BCUT2D eigenvalue weighted by atomic mass is 9.55. The lowest BCUT2D eigenvalue weighted by molar-refractivity contribution is -0.139. The molecule has 2 fully saturated rings. The first-order valence-electron chi connectivity index (χ1n) is 10.7. The molecule has 3 unspecified atom stereocenters. The van der Waals surface area contributed by atoms with Gasteiger partial charge < -0.3 is 20.3 Å². The number of rotatable bonds is 5. The number of hydrogen-bond acceptors (Lipinski definition) is 4. The number of carboxylic acid groups (broad SMARTS) is 1. The number of phenolic OH excluding ortho intramolecular Hbond substituents is 1. The number of carbonyl (C=O) groups excluding carboxylic acids is 1. The molecule has 1 aromatic rings. The number of phenols is 1. The number of aryl methyl sites for hydroxylation is 1. The molecule has 5 atom stereocenters. The third kappa shape index (κ3) is 3.47. The van der Waals surface area contributed by atoms with Gasteiger partial charge in [0.1, 0.15) is 0 Å². The third-order valence-electron chi connectivity index (χ3n) is 7.93. The van der Waals surface area contributed by atoms with Crippen LogP contribution in [0.15, 0.2) is 12.1 Å². The highest BCUT2D eigenvalue weighted by Gasteiger charge is 2.55. The summed E-state index contributed by atoms with van der Waals surface area (Å²) >= 11 is 0. The van der Waals surface area contributed by atoms with Crippen molar-refractivity contribution in [2.45, 2.75) is 70.3 Å². The Morgan fingerprint density at radius 2 is 2.00 bits per heavy atom. The zero-order valence-corrected chi connectivity index (χ0v) is 17.2. The zero-order valence-electron chi connectivity index (χ0n) is 17.2. The Kier molecular flexibility index (Phi) is 5.21. The van der Waals surface area contributed by atoms with E-state index in [-0.39, 0.29) is 36.0 Å². The largest absolute Gasteiger partial charge is 0.504 e. The summed E-state index contributed by atoms with van der Waals surface area (Å²) in [6.45, 7) is 2.32. The zero-order chi connectivity index (χ0) is 20.8. The van der Waals surface area contributed by atoms with E-state index in [1.54, 1.807) is 7.11 Å². The normalized spacial score (nSPS) is 32.6. The van der Waals surface area contributed by atoms with Gasteiger partial charge in [0.25, 0.3) is 0 Å². The van der Waals surface area contributed by atoms with Crippen molar-refractivity contribution in [1.82, 2.24) is 5.32 Å². The van der Waals surface area contributed by atoms with Crippen molar-refractivity contribution in [3.63, 3.8) is 0 Å². The number of aromatic hydroxyl groups is 1. The van der Waals surface area contributed by atoms with E-state index in [4.69, 9.17) is 9.84 Å². The average Bonchev–Trinajstić information content (AvgIpc) is 3.02. The third-order valence-corrected chi connectivity index (χ3v) is 7.93. The minimum atomic E-state index is -0.932. The van der Waals surface area contributed by atoms with Crippen molar-refractivity contribution in [2.24, 2.45) is 17.3 Å². The van der Waals surface area contributed by atoms with E-state index in [1.807, 2.05) is 12.1 Å². The molecule has 0 aliphatic heterocycles. The number of aliphatic carboxylic acids is 1. The number of methoxy groups -OCH3 is 1. The molecule has 0 saturated heterocycles. The summed E-state index contributed by atoms with van der Waals surface area (Å²) in [5, 5.41) is 22.1. The Morgan fingerprint density at radius 1 is 1.21 bits per heavy atom. The molecule has 6 heteroatoms. The molecule has 29 heavy (non-hydrogen) atoms. The molecule has 158 valence electrons. The molecular formula is C23H31NO5. The smallest absolute Gasteiger partial charge is 0.303 e. The fraction of sp³-hybridized carbons (Fsp3) is 0.652. The van der Waals surface area contributed by atoms with E-state index in [0.29, 0.717) is 23.5 Å². The Labute approximate surface area is 171 Å². The molecule has 0 aromatic heterocycles. The van der Waals surface area contributed by atoms with Crippen molar-refractivity contribution in [3.05, 3.63) is 23.3 Å². The summed E-state index contributed by atoms with van der Waals surface area (Å²) in [7, 11) is 1.59. The molecular weight excluding hydrogens is 370 g/mol. The number of ether oxygens (including phenoxy) is 1. The van der Waals surface area contributed by atoms with Gasteiger partial charge in [-0.3, -0.25) is 9.59 Å². The molecule has 3 aliphatic carbocycles. The molecule has 1 amide bonds. The van der Waals surface area contributed by atoms with Crippen LogP contribution < -0.4 is 10.1 Å². The Hall–Kier alpha value is -2.24. The van der Waals surface area contributed by atoms with Gasteiger partial charge in [0.2, 0.25) is 5.91 Å². The second-order valence-electron chi connectivity index (χ2n) is 9.27. The minimum Gasteiger partial charge on any atom is -0.504 e. The van der Waals surface area contributed by atoms with Gasteiger partial charge in [0, 0.05) is 12.5 Å². The second-order valence-corrected chi connectivity index (χ2v) is 9.27. The number of carboxylic acids is 1. The summed E-state index contributed by atoms with van der Waals surface area (Å²) in [5.41, 5.74) is 2.63. The van der Waals surface area contributed by atoms with Gasteiger partial charge in [-0.1, -0.05) is 6.92 Å². The van der Waals surface area contributed by atoms with E-state index >= 15 is 0 Å². The van der Waals surface area contributed by atoms with Crippen molar-refractivity contribution >= 4 is 11.9 Å². The summed E-state index contributed by atoms with van der Waals surface area (Å²) in [5.74, 6) is 1.31. The molecule has 4 rings (SSSR count). The van der Waals surface area contributed by atoms with Crippen LogP contribution in [0.3, 0.4) is 0 Å². The van der Waals surface area contributed by atoms with E-state index in [0.717, 1.165) is 38.5 Å². The van der Waals surface area contributed by atoms with E-state index in [2.05, 4.69) is 12.2 Å². The first-order chi connectivity index (χ1) is 13.8. The van der Waals surface area contributed by atoms with Crippen LogP contribution >= 0.6 is 0 Å². The number of nitrogens with one attached hydrogen (secondary N) is 1. The highest BCUT2D eigenvalue weighted by molar-refractivity contribution is 5.80. The van der Waals surface area contributed by atoms with Crippen LogP contribution in [0.2, 0.25) is 0 Å². The number of hydrogen-bond donors (Lipinski definition) is 3. The van der Waals surface area contributed by atoms with Crippen LogP contribution in [0.25, 0.3) is 0 Å². The fourth-order valence-electron chi connectivity index (χ4n) is 6.48. The van der Waals surface area contributed by atoms with Crippen molar-refractivity contribution in [2.75, 3.05) is 7.11 Å². The van der Waals surface area contributed by atoms with Gasteiger partial charge in [0.15, 0.2) is 11.5 Å². The monoisotopic (exact) mass is 401 g/mol. The van der Waals surface area contributed by atoms with Crippen LogP contribution in [-0.2, 0) is 16.0 Å². The highest BCUT2D eigenvalue weighted by Crippen LogP contribution is 2.61. The lowest BCUT2D eigenvalue weighted by Crippen LogP contribution is -2.50. The van der Waals surface area contributed by atoms with Gasteiger partial charge in [-0.15, -0.1) is 0 Å². The predicted octanol–water partition coefficient (Wildman–Crippen LogP) is 3.61. The van der Waals surface area contributed by atoms with Crippen LogP contribution in [0, 0.1) is 17.3 Å². The van der Waals surface area contributed by atoms with Gasteiger partial charge in [-0.2, -0.15) is 0 Å². The van der Waals surface area contributed by atoms with Gasteiger partial charge in [0.05, 0.1) is 13.5 Å². The number of amides is 1. The molecule has 0 bridgehead atoms. The summed E-state index contributed by atoms with van der Waals surface area (Å²) in [6.07, 6.45) is 6.20. The van der Waals surface area contributed by atoms with Crippen molar-refractivity contribution in [3.8, 4) is 11.5 Å². The van der Waals surface area contributed by atoms with Gasteiger partial charge >= 0.3 is 5.97 Å². The summed E-state index contributed by atoms with van der Waals surface area (Å²) < 4.78 is 5.36. The minimum absolute atomic E-state index is 0.0509. The molecule has 3 aliphatic rings. The van der Waals surface area contributed by atoms with Crippen LogP contribution in [0.1, 0.15) is 68.9 Å². The highest BCUT2D eigenvalue weighted by atomic mass is 16.5. The van der Waals surface area contributed by atoms with Crippen LogP contribution in [0.5, 0.6) is 11.5 Å². The van der Waals surface area contributed by atoms with Gasteiger partial charge in [-0.25, -0.2) is 0 Å². The first kappa shape index (κ1) is 20.0. The topological polar surface area (TPSA) is 95.9 Å². The maximum Gasteiger partial charge on any atom is 0.303 e. The maximum atomic E-state index is 12.3. The standard InChI is InChI=1S/C23H31NO5/c1-23-10-9-14-15(4-3-13-11-18(25)19(29-2)12-16(13)14)17(23)5-6-20(23)24-21(26)7-8-22(27)28/h11-12,14-15,17,20,25H,3-10H2,1-2H3,(H,24,26)(H,27,28)/t14?,15?,17?,20-,23-/m0/s1. The average molecular weight is 402 g/mol. The molecule has 0 radical (unpaired) electrons. The quantitative estimate of drug-likeness (QED) is 0.700. The van der Waals surface area contributed by atoms with Crippen LogP contribution in [-0.4, -0.2) is 35.2 Å². The van der Waals surface area contributed by atoms with Crippen LogP contribution in [0.4, 0.5) is 0 Å². The second kappa shape index (κ2) is 7.54. The molecule has 2 saturated carbocycles. The molecule has 0 heterocycles. The van der Waals surface area contributed by atoms with Gasteiger partial charge in [-0.05, 0) is 85.0 Å². The van der Waals surface area contributed by atoms with Crippen molar-refractivity contribution < 1.29 is 24.5 Å². The number of benzene rings is 1. The van der Waals surface area contributed by atoms with E-state index < -0.39 is 5.97 Å². The first-order valence-corrected chi connectivity index (χ1v) is 10.7. The van der Waals surface area contributed by atoms with E-state index in [9.17, 15) is 14.7 Å². The molecule has 0 spiro atoms. The molecule has 6 nitrogen and oxygen atoms in total. The molecule has 1 aromatic carbocycles. The predicted molar refractivity (Wildman–Crippen MR) is 108 cm³/mol. The van der Waals surface area contributed by atoms with E-state index in [1.165, 1.54) is 11.1 Å². The molecule has 3 N–H and O–H groups in total. The summed E-state index contributed by atoms with van der Waals surface area (Å²) in [6, 6.07) is 4.04. The fourth-order valence-corrected chi connectivity index (χ4v) is 6.48. The SMILES string of the molecule is COc1cc2c(cc1O)CCC1C2CC[C@@]2(C)C1CC[C@@H]2NC(=O)CCC(=O)O. The summed E-state index contributed by atoms with van der Waals surface area (Å²) in [4.78, 5) is 23.0. The lowest BCUT2D eigenvalue weighted by Gasteiger charge is -2.51. The Balaban J connectivity index is 1.52. The van der Waals surface area contributed by atoms with Crippen molar-refractivity contribution in [1.29, 1.82) is 0 Å².